The SMILES string of the molecule is COc1ccc([C@@H]2c3nc(NC(C)C)ccc3[C@H](c3ccc4c(c3)OC(F)(F)O4)[C@H]2C(=O)O)c(C(C)C(=O)N(C)C)c1. The maximum absolute atomic E-state index is 13.8. The number of anilines is 1. The number of fused-ring (bicyclic) bond motifs is 2. The summed E-state index contributed by atoms with van der Waals surface area (Å²) in [4.78, 5) is 32.7. The number of amides is 1. The van der Waals surface area contributed by atoms with Crippen LogP contribution in [0, 0.1) is 5.92 Å². The van der Waals surface area contributed by atoms with E-state index in [0.717, 1.165) is 0 Å². The number of likely N-dealkylation sites (N-methyl/N-ethyl adjacent to an activating group) is 1. The van der Waals surface area contributed by atoms with Crippen molar-refractivity contribution in [2.24, 2.45) is 5.92 Å². The number of alkyl halides is 2. The van der Waals surface area contributed by atoms with E-state index in [1.165, 1.54) is 24.1 Å². The maximum atomic E-state index is 13.8. The van der Waals surface area contributed by atoms with Crippen LogP contribution < -0.4 is 19.5 Å². The van der Waals surface area contributed by atoms with Gasteiger partial charge in [-0.3, -0.25) is 9.59 Å². The van der Waals surface area contributed by atoms with Crippen LogP contribution in [0.25, 0.3) is 0 Å². The molecular formula is C31H33F2N3O6. The van der Waals surface area contributed by atoms with Crippen LogP contribution >= 0.6 is 0 Å². The van der Waals surface area contributed by atoms with Crippen LogP contribution in [0.1, 0.15) is 66.5 Å². The lowest BCUT2D eigenvalue weighted by Gasteiger charge is -2.27. The van der Waals surface area contributed by atoms with E-state index in [-0.39, 0.29) is 23.4 Å². The van der Waals surface area contributed by atoms with Crippen molar-refractivity contribution < 1.29 is 37.7 Å². The molecule has 1 aliphatic carbocycles. The van der Waals surface area contributed by atoms with Crippen LogP contribution in [0.2, 0.25) is 0 Å². The minimum atomic E-state index is -3.81. The number of rotatable bonds is 8. The molecule has 1 amide bonds. The monoisotopic (exact) mass is 581 g/mol. The first-order valence-electron chi connectivity index (χ1n) is 13.6. The zero-order valence-electron chi connectivity index (χ0n) is 24.1. The van der Waals surface area contributed by atoms with Gasteiger partial charge in [-0.25, -0.2) is 4.98 Å². The number of hydrogen-bond acceptors (Lipinski definition) is 7. The lowest BCUT2D eigenvalue weighted by atomic mass is 9.77. The van der Waals surface area contributed by atoms with Crippen LogP contribution in [0.5, 0.6) is 17.2 Å². The molecule has 0 saturated heterocycles. The molecule has 2 aliphatic rings. The van der Waals surface area contributed by atoms with Gasteiger partial charge in [-0.15, -0.1) is 8.78 Å². The number of nitrogens with zero attached hydrogens (tertiary/aromatic N) is 2. The molecule has 0 bridgehead atoms. The van der Waals surface area contributed by atoms with Crippen LogP contribution in [-0.4, -0.2) is 60.4 Å². The standard InChI is InChI=1S/C31H33F2N3O6/c1-15(2)34-24-12-10-20-25(17-7-11-22-23(13-17)42-31(32,33)41-22)27(30(38)39)26(28(20)35-24)19-9-8-18(40-6)14-21(19)16(3)29(37)36(4)5/h7-16,25-27H,1-6H3,(H,34,35)(H,38,39)/t16?,25-,26-,27+/m0/s1. The van der Waals surface area contributed by atoms with Crippen molar-refractivity contribution in [2.75, 3.05) is 26.5 Å². The van der Waals surface area contributed by atoms with E-state index in [9.17, 15) is 23.5 Å². The first-order valence-corrected chi connectivity index (χ1v) is 13.6. The highest BCUT2D eigenvalue weighted by atomic mass is 19.3. The Kier molecular flexibility index (Phi) is 7.46. The third-order valence-corrected chi connectivity index (χ3v) is 7.72. The van der Waals surface area contributed by atoms with E-state index in [0.29, 0.717) is 39.5 Å². The Morgan fingerprint density at radius 1 is 1.00 bits per heavy atom. The molecule has 1 aromatic heterocycles. The Morgan fingerprint density at radius 2 is 1.69 bits per heavy atom. The second kappa shape index (κ2) is 10.8. The summed E-state index contributed by atoms with van der Waals surface area (Å²) in [7, 11) is 4.84. The number of pyridine rings is 1. The fourth-order valence-electron chi connectivity index (χ4n) is 5.96. The molecule has 2 aromatic carbocycles. The van der Waals surface area contributed by atoms with Crippen molar-refractivity contribution in [3.05, 3.63) is 76.5 Å². The average molecular weight is 582 g/mol. The topological polar surface area (TPSA) is 110 Å². The lowest BCUT2D eigenvalue weighted by Crippen LogP contribution is -2.29. The van der Waals surface area contributed by atoms with Crippen LogP contribution in [0.15, 0.2) is 48.5 Å². The maximum Gasteiger partial charge on any atom is 0.586 e. The summed E-state index contributed by atoms with van der Waals surface area (Å²) in [6.45, 7) is 5.70. The van der Waals surface area contributed by atoms with E-state index in [1.54, 1.807) is 51.4 Å². The highest BCUT2D eigenvalue weighted by Gasteiger charge is 2.50. The van der Waals surface area contributed by atoms with Crippen molar-refractivity contribution in [3.63, 3.8) is 0 Å². The first-order chi connectivity index (χ1) is 19.8. The number of carboxylic acid groups (broad SMARTS) is 1. The van der Waals surface area contributed by atoms with E-state index >= 15 is 0 Å². The number of hydrogen-bond donors (Lipinski definition) is 2. The number of benzene rings is 2. The van der Waals surface area contributed by atoms with Crippen LogP contribution in [0.4, 0.5) is 14.6 Å². The first kappa shape index (κ1) is 29.1. The van der Waals surface area contributed by atoms with E-state index in [4.69, 9.17) is 14.5 Å². The van der Waals surface area contributed by atoms with Gasteiger partial charge in [0.2, 0.25) is 5.91 Å². The molecule has 2 N–H and O–H groups in total. The van der Waals surface area contributed by atoms with Gasteiger partial charge >= 0.3 is 12.3 Å². The van der Waals surface area contributed by atoms with Gasteiger partial charge in [-0.1, -0.05) is 18.2 Å². The lowest BCUT2D eigenvalue weighted by molar-refractivity contribution is -0.286. The predicted octanol–water partition coefficient (Wildman–Crippen LogP) is 5.40. The van der Waals surface area contributed by atoms with Gasteiger partial charge in [0.15, 0.2) is 11.5 Å². The Labute approximate surface area is 242 Å². The molecule has 42 heavy (non-hydrogen) atoms. The molecule has 9 nitrogen and oxygen atoms in total. The summed E-state index contributed by atoms with van der Waals surface area (Å²) in [6.07, 6.45) is -3.81. The van der Waals surface area contributed by atoms with Crippen molar-refractivity contribution >= 4 is 17.7 Å². The molecule has 5 rings (SSSR count). The molecule has 2 heterocycles. The highest BCUT2D eigenvalue weighted by molar-refractivity contribution is 5.84. The molecule has 0 saturated carbocycles. The van der Waals surface area contributed by atoms with Gasteiger partial charge in [0.25, 0.3) is 0 Å². The van der Waals surface area contributed by atoms with E-state index in [2.05, 4.69) is 10.1 Å². The van der Waals surface area contributed by atoms with Gasteiger partial charge in [0, 0.05) is 32.0 Å². The number of aliphatic carboxylic acids is 1. The fourth-order valence-corrected chi connectivity index (χ4v) is 5.96. The fraction of sp³-hybridized carbons (Fsp3) is 0.387. The van der Waals surface area contributed by atoms with Crippen molar-refractivity contribution in [1.29, 1.82) is 0 Å². The molecule has 4 atom stereocenters. The number of nitrogens with one attached hydrogen (secondary N) is 1. The van der Waals surface area contributed by atoms with Crippen LogP contribution in [0.3, 0.4) is 0 Å². The van der Waals surface area contributed by atoms with Crippen molar-refractivity contribution in [1.82, 2.24) is 9.88 Å². The zero-order valence-corrected chi connectivity index (χ0v) is 24.1. The van der Waals surface area contributed by atoms with Crippen molar-refractivity contribution in [3.8, 4) is 17.2 Å². The molecule has 222 valence electrons. The summed E-state index contributed by atoms with van der Waals surface area (Å²) in [5.74, 6) is -3.72. The minimum Gasteiger partial charge on any atom is -0.497 e. The minimum absolute atomic E-state index is 0.0614. The van der Waals surface area contributed by atoms with Crippen molar-refractivity contribution in [2.45, 2.75) is 50.9 Å². The summed E-state index contributed by atoms with van der Waals surface area (Å²) < 4.78 is 42.4. The largest absolute Gasteiger partial charge is 0.586 e. The Hall–Kier alpha value is -4.41. The average Bonchev–Trinajstić information content (AvgIpc) is 3.43. The van der Waals surface area contributed by atoms with Gasteiger partial charge < -0.3 is 29.5 Å². The molecule has 0 radical (unpaired) electrons. The number of methoxy groups -OCH3 is 1. The smallest absolute Gasteiger partial charge is 0.497 e. The number of carbonyl (C=O) groups excluding carboxylic acids is 1. The molecule has 11 heteroatoms. The van der Waals surface area contributed by atoms with E-state index < -0.39 is 35.9 Å². The summed E-state index contributed by atoms with van der Waals surface area (Å²) in [5.41, 5.74) is 2.86. The zero-order chi connectivity index (χ0) is 30.5. The predicted molar refractivity (Wildman–Crippen MR) is 151 cm³/mol. The number of carboxylic acids is 1. The van der Waals surface area contributed by atoms with Gasteiger partial charge in [-0.05, 0) is 73.4 Å². The number of carbonyl (C=O) groups is 2. The Morgan fingerprint density at radius 3 is 2.33 bits per heavy atom. The molecule has 1 unspecified atom stereocenters. The molecular weight excluding hydrogens is 548 g/mol. The number of aromatic nitrogens is 1. The Bertz CT molecular complexity index is 1540. The van der Waals surface area contributed by atoms with Gasteiger partial charge in [0.1, 0.15) is 11.6 Å². The third kappa shape index (κ3) is 5.19. The quantitative estimate of drug-likeness (QED) is 0.364. The summed E-state index contributed by atoms with van der Waals surface area (Å²) >= 11 is 0. The Balaban J connectivity index is 1.73. The molecule has 3 aromatic rings. The summed E-state index contributed by atoms with van der Waals surface area (Å²) in [5, 5.41) is 14.0. The molecule has 0 fully saturated rings. The van der Waals surface area contributed by atoms with E-state index in [1.807, 2.05) is 19.9 Å². The highest BCUT2D eigenvalue weighted by Crippen LogP contribution is 2.55. The third-order valence-electron chi connectivity index (χ3n) is 7.72. The molecule has 0 spiro atoms. The molecule has 1 aliphatic heterocycles. The van der Waals surface area contributed by atoms with Gasteiger partial charge in [0.05, 0.1) is 24.6 Å². The number of ether oxygens (including phenoxy) is 3. The second-order valence-corrected chi connectivity index (χ2v) is 11.1. The second-order valence-electron chi connectivity index (χ2n) is 11.1. The van der Waals surface area contributed by atoms with Crippen LogP contribution in [-0.2, 0) is 9.59 Å². The normalized spacial score (nSPS) is 20.6. The number of halogens is 2. The van der Waals surface area contributed by atoms with Gasteiger partial charge in [-0.2, -0.15) is 0 Å². The summed E-state index contributed by atoms with van der Waals surface area (Å²) in [6, 6.07) is 13.3.